The number of hydrogen-bond acceptors (Lipinski definition) is 3. The number of aromatic nitrogens is 3. The van der Waals surface area contributed by atoms with Crippen LogP contribution in [0.4, 0.5) is 0 Å². The summed E-state index contributed by atoms with van der Waals surface area (Å²) in [6.45, 7) is 0. The van der Waals surface area contributed by atoms with Crippen LogP contribution in [-0.4, -0.2) is 14.5 Å². The third-order valence-corrected chi connectivity index (χ3v) is 9.34. The molecule has 4 heterocycles. The van der Waals surface area contributed by atoms with Crippen LogP contribution in [0, 0.1) is 0 Å². The fraction of sp³-hybridized carbons (Fsp3) is 0.0270. The third-order valence-electron chi connectivity index (χ3n) is 8.22. The third kappa shape index (κ3) is 3.51. The first-order valence-corrected chi connectivity index (χ1v) is 14.7. The van der Waals surface area contributed by atoms with Gasteiger partial charge in [0, 0.05) is 50.1 Å². The lowest BCUT2D eigenvalue weighted by atomic mass is 9.89. The van der Waals surface area contributed by atoms with Crippen molar-refractivity contribution in [1.29, 1.82) is 0 Å². The summed E-state index contributed by atoms with van der Waals surface area (Å²) in [6, 6.07) is 41.3. The summed E-state index contributed by atoms with van der Waals surface area (Å²) < 4.78 is 3.83. The van der Waals surface area contributed by atoms with Crippen LogP contribution in [0.15, 0.2) is 128 Å². The Morgan fingerprint density at radius 2 is 1.29 bits per heavy atom. The molecule has 0 fully saturated rings. The van der Waals surface area contributed by atoms with Crippen LogP contribution in [-0.2, 0) is 6.42 Å². The molecule has 41 heavy (non-hydrogen) atoms. The Morgan fingerprint density at radius 1 is 0.585 bits per heavy atom. The van der Waals surface area contributed by atoms with Gasteiger partial charge in [0.2, 0.25) is 0 Å². The highest BCUT2D eigenvalue weighted by Crippen LogP contribution is 2.48. The molecule has 0 aliphatic heterocycles. The van der Waals surface area contributed by atoms with Gasteiger partial charge in [-0.2, -0.15) is 0 Å². The minimum atomic E-state index is 0.951. The smallest absolute Gasteiger partial charge is 0.109 e. The molecule has 2 aliphatic rings. The zero-order valence-electron chi connectivity index (χ0n) is 22.1. The molecule has 3 nitrogen and oxygen atoms in total. The highest BCUT2D eigenvalue weighted by atomic mass is 32.1. The average Bonchev–Trinajstić information content (AvgIpc) is 3.56. The maximum atomic E-state index is 4.70. The van der Waals surface area contributed by atoms with Crippen LogP contribution in [0.5, 0.6) is 0 Å². The number of benzene rings is 4. The number of hydrogen-bond donors (Lipinski definition) is 0. The van der Waals surface area contributed by atoms with Gasteiger partial charge in [-0.1, -0.05) is 54.6 Å². The molecule has 0 amide bonds. The lowest BCUT2D eigenvalue weighted by molar-refractivity contribution is 1.13. The number of thiophene rings is 1. The molecule has 0 radical (unpaired) electrons. The standard InChI is InChI=1S/C37H23N3S/c1-2-8-24(9-3-1)25-12-13-33-30(22-25)36-35-28-16-23(17-28)18-34(35)41-37(36)40(33)29-20-26(31-10-4-6-14-38-31)19-27(21-29)32-11-5-7-15-39-32/h1-16,18-22H,17H2. The summed E-state index contributed by atoms with van der Waals surface area (Å²) in [7, 11) is 0. The summed E-state index contributed by atoms with van der Waals surface area (Å²) >= 11 is 1.90. The van der Waals surface area contributed by atoms with Crippen molar-refractivity contribution in [2.24, 2.45) is 0 Å². The van der Waals surface area contributed by atoms with Crippen LogP contribution in [0.25, 0.3) is 70.5 Å². The minimum Gasteiger partial charge on any atom is -0.301 e. The van der Waals surface area contributed by atoms with Gasteiger partial charge in [-0.15, -0.1) is 11.3 Å². The second-order valence-corrected chi connectivity index (χ2v) is 11.7. The number of pyridine rings is 2. The predicted octanol–water partition coefficient (Wildman–Crippen LogP) is 9.69. The Hall–Kier alpha value is -5.06. The summed E-state index contributed by atoms with van der Waals surface area (Å²) in [6.07, 6.45) is 4.79. The lowest BCUT2D eigenvalue weighted by Crippen LogP contribution is -2.00. The van der Waals surface area contributed by atoms with Crippen molar-refractivity contribution >= 4 is 42.5 Å². The van der Waals surface area contributed by atoms with E-state index in [-0.39, 0.29) is 0 Å². The van der Waals surface area contributed by atoms with Crippen molar-refractivity contribution in [3.8, 4) is 39.3 Å². The Bertz CT molecular complexity index is 2210. The van der Waals surface area contributed by atoms with Gasteiger partial charge >= 0.3 is 0 Å². The molecule has 4 heteroatoms. The summed E-state index contributed by atoms with van der Waals surface area (Å²) in [4.78, 5) is 10.7. The molecular formula is C37H23N3S. The van der Waals surface area contributed by atoms with Crippen LogP contribution < -0.4 is 0 Å². The molecule has 4 aromatic carbocycles. The molecule has 2 aliphatic carbocycles. The minimum absolute atomic E-state index is 0.951. The molecule has 0 atom stereocenters. The second-order valence-electron chi connectivity index (χ2n) is 10.7. The molecule has 0 saturated carbocycles. The largest absolute Gasteiger partial charge is 0.301 e. The fourth-order valence-corrected chi connectivity index (χ4v) is 7.67. The molecule has 8 aromatic rings. The van der Waals surface area contributed by atoms with E-state index in [2.05, 4.69) is 95.6 Å². The summed E-state index contributed by atoms with van der Waals surface area (Å²) in [5.41, 5.74) is 11.8. The summed E-state index contributed by atoms with van der Waals surface area (Å²) in [5.74, 6) is 0. The molecule has 2 bridgehead atoms. The van der Waals surface area contributed by atoms with Crippen molar-refractivity contribution < 1.29 is 0 Å². The molecule has 0 saturated heterocycles. The van der Waals surface area contributed by atoms with Gasteiger partial charge in [0.25, 0.3) is 0 Å². The second kappa shape index (κ2) is 8.72. The van der Waals surface area contributed by atoms with Crippen LogP contribution in [0.3, 0.4) is 0 Å². The van der Waals surface area contributed by atoms with Gasteiger partial charge in [-0.3, -0.25) is 9.97 Å². The topological polar surface area (TPSA) is 30.7 Å². The molecule has 0 unspecified atom stereocenters. The average molecular weight is 542 g/mol. The van der Waals surface area contributed by atoms with Gasteiger partial charge in [0.15, 0.2) is 0 Å². The van der Waals surface area contributed by atoms with E-state index in [0.717, 1.165) is 34.6 Å². The highest BCUT2D eigenvalue weighted by Gasteiger charge is 2.24. The van der Waals surface area contributed by atoms with Crippen molar-refractivity contribution in [2.45, 2.75) is 6.42 Å². The molecule has 0 spiro atoms. The Morgan fingerprint density at radius 3 is 1.98 bits per heavy atom. The van der Waals surface area contributed by atoms with Gasteiger partial charge in [-0.05, 0) is 89.3 Å². The van der Waals surface area contributed by atoms with Crippen molar-refractivity contribution in [3.63, 3.8) is 0 Å². The van der Waals surface area contributed by atoms with E-state index in [1.54, 1.807) is 0 Å². The fourth-order valence-electron chi connectivity index (χ4n) is 6.31. The van der Waals surface area contributed by atoms with Crippen LogP contribution in [0.2, 0.25) is 0 Å². The zero-order chi connectivity index (χ0) is 26.9. The van der Waals surface area contributed by atoms with E-state index in [1.165, 1.54) is 53.5 Å². The van der Waals surface area contributed by atoms with E-state index in [1.807, 2.05) is 48.0 Å². The first-order valence-electron chi connectivity index (χ1n) is 13.9. The first kappa shape index (κ1) is 22.7. The van der Waals surface area contributed by atoms with Gasteiger partial charge in [0.1, 0.15) is 4.83 Å². The summed E-state index contributed by atoms with van der Waals surface area (Å²) in [5, 5.41) is 4.08. The SMILES string of the molecule is c1ccc(-c2ccc3c(c2)c2c4c5cc(cc4sc2n3-c2cc(-c3ccccn3)cc(-c3ccccn3)c2)C5)cc1. The first-order chi connectivity index (χ1) is 20.3. The maximum Gasteiger partial charge on any atom is 0.109 e. The van der Waals surface area contributed by atoms with Crippen molar-refractivity contribution in [3.05, 3.63) is 139 Å². The van der Waals surface area contributed by atoms with Gasteiger partial charge in [-0.25, -0.2) is 0 Å². The molecular weight excluding hydrogens is 518 g/mol. The number of nitrogens with zero attached hydrogens (tertiary/aromatic N) is 3. The van der Waals surface area contributed by atoms with E-state index >= 15 is 0 Å². The monoisotopic (exact) mass is 541 g/mol. The van der Waals surface area contributed by atoms with Crippen molar-refractivity contribution in [2.75, 3.05) is 0 Å². The van der Waals surface area contributed by atoms with E-state index < -0.39 is 0 Å². The van der Waals surface area contributed by atoms with E-state index in [4.69, 9.17) is 9.97 Å². The Kier molecular flexibility index (Phi) is 4.83. The molecule has 192 valence electrons. The quantitative estimate of drug-likeness (QED) is 0.222. The number of rotatable bonds is 4. The Labute approximate surface area is 241 Å². The Balaban J connectivity index is 1.38. The highest BCUT2D eigenvalue weighted by molar-refractivity contribution is 7.25. The normalized spacial score (nSPS) is 12.3. The van der Waals surface area contributed by atoms with Gasteiger partial charge < -0.3 is 4.57 Å². The molecule has 10 rings (SSSR count). The van der Waals surface area contributed by atoms with Crippen LogP contribution in [0.1, 0.15) is 11.1 Å². The van der Waals surface area contributed by atoms with Crippen LogP contribution >= 0.6 is 11.3 Å². The van der Waals surface area contributed by atoms with E-state index in [0.29, 0.717) is 0 Å². The molecule has 4 aromatic heterocycles. The van der Waals surface area contributed by atoms with Gasteiger partial charge in [0.05, 0.1) is 16.9 Å². The van der Waals surface area contributed by atoms with E-state index in [9.17, 15) is 0 Å². The van der Waals surface area contributed by atoms with Crippen molar-refractivity contribution in [1.82, 2.24) is 14.5 Å². The predicted molar refractivity (Wildman–Crippen MR) is 171 cm³/mol. The molecule has 0 N–H and O–H groups in total. The number of fused-ring (bicyclic) bond motifs is 3. The zero-order valence-corrected chi connectivity index (χ0v) is 22.9. The lowest BCUT2D eigenvalue weighted by Gasteiger charge is -2.16. The maximum absolute atomic E-state index is 4.70.